The van der Waals surface area contributed by atoms with Crippen molar-refractivity contribution in [1.29, 1.82) is 0 Å². The SMILES string of the molecule is O=C(C=Cc1ccc(O)c(C2=Cc3ccc(O)cc3OC2c2ccc(O)cc2)c1)c1ccc(O)cc1O. The minimum Gasteiger partial charge on any atom is -0.508 e. The van der Waals surface area contributed by atoms with Crippen LogP contribution in [0.3, 0.4) is 0 Å². The average molecular weight is 494 g/mol. The number of allylic oxidation sites excluding steroid dienone is 1. The van der Waals surface area contributed by atoms with Gasteiger partial charge in [0.05, 0.1) is 5.56 Å². The van der Waals surface area contributed by atoms with E-state index in [2.05, 4.69) is 0 Å². The Morgan fingerprint density at radius 2 is 1.43 bits per heavy atom. The Morgan fingerprint density at radius 3 is 2.19 bits per heavy atom. The second-order valence-electron chi connectivity index (χ2n) is 8.59. The molecule has 37 heavy (non-hydrogen) atoms. The van der Waals surface area contributed by atoms with Gasteiger partial charge in [-0.1, -0.05) is 24.3 Å². The molecule has 1 aliphatic rings. The lowest BCUT2D eigenvalue weighted by Crippen LogP contribution is -2.14. The molecule has 4 aromatic carbocycles. The molecule has 0 aromatic heterocycles. The summed E-state index contributed by atoms with van der Waals surface area (Å²) in [6.45, 7) is 0. The maximum absolute atomic E-state index is 12.6. The summed E-state index contributed by atoms with van der Waals surface area (Å²) in [6.07, 6.45) is 4.06. The van der Waals surface area contributed by atoms with Gasteiger partial charge in [-0.25, -0.2) is 0 Å². The van der Waals surface area contributed by atoms with Crippen LogP contribution in [0.1, 0.15) is 38.7 Å². The molecule has 0 saturated carbocycles. The first kappa shape index (κ1) is 23.6. The van der Waals surface area contributed by atoms with E-state index in [9.17, 15) is 30.3 Å². The Kier molecular flexibility index (Phi) is 6.03. The van der Waals surface area contributed by atoms with Gasteiger partial charge >= 0.3 is 0 Å². The van der Waals surface area contributed by atoms with Crippen molar-refractivity contribution in [2.75, 3.05) is 0 Å². The highest BCUT2D eigenvalue weighted by atomic mass is 16.5. The van der Waals surface area contributed by atoms with Crippen LogP contribution in [-0.4, -0.2) is 31.3 Å². The molecule has 4 aromatic rings. The lowest BCUT2D eigenvalue weighted by atomic mass is 9.89. The maximum Gasteiger partial charge on any atom is 0.189 e. The molecule has 0 amide bonds. The molecular weight excluding hydrogens is 472 g/mol. The van der Waals surface area contributed by atoms with Crippen molar-refractivity contribution in [2.45, 2.75) is 6.10 Å². The first-order valence-electron chi connectivity index (χ1n) is 11.4. The Hall–Kier alpha value is -5.17. The van der Waals surface area contributed by atoms with Gasteiger partial charge in [0.1, 0.15) is 40.6 Å². The van der Waals surface area contributed by atoms with Crippen LogP contribution >= 0.6 is 0 Å². The first-order chi connectivity index (χ1) is 17.8. The highest BCUT2D eigenvalue weighted by Gasteiger charge is 2.28. The molecule has 0 spiro atoms. The number of phenolic OH excluding ortho intramolecular Hbond substituents is 5. The van der Waals surface area contributed by atoms with Gasteiger partial charge in [0.25, 0.3) is 0 Å². The van der Waals surface area contributed by atoms with Crippen molar-refractivity contribution < 1.29 is 35.1 Å². The number of hydrogen-bond donors (Lipinski definition) is 5. The van der Waals surface area contributed by atoms with Gasteiger partial charge in [-0.2, -0.15) is 0 Å². The molecule has 0 radical (unpaired) electrons. The van der Waals surface area contributed by atoms with Gasteiger partial charge in [0, 0.05) is 28.8 Å². The predicted octanol–water partition coefficient (Wildman–Crippen LogP) is 5.79. The number of aromatic hydroxyl groups is 5. The summed E-state index contributed by atoms with van der Waals surface area (Å²) in [5.74, 6) is -0.307. The lowest BCUT2D eigenvalue weighted by molar-refractivity contribution is 0.104. The van der Waals surface area contributed by atoms with Crippen molar-refractivity contribution in [3.05, 3.63) is 113 Å². The maximum atomic E-state index is 12.6. The van der Waals surface area contributed by atoms with E-state index in [0.717, 1.165) is 11.6 Å². The molecule has 0 aliphatic carbocycles. The molecule has 1 heterocycles. The Labute approximate surface area is 212 Å². The number of ketones is 1. The molecule has 0 saturated heterocycles. The first-order valence-corrected chi connectivity index (χ1v) is 11.4. The Morgan fingerprint density at radius 1 is 0.730 bits per heavy atom. The topological polar surface area (TPSA) is 127 Å². The number of hydrogen-bond acceptors (Lipinski definition) is 7. The van der Waals surface area contributed by atoms with Gasteiger partial charge in [-0.15, -0.1) is 0 Å². The van der Waals surface area contributed by atoms with Crippen LogP contribution in [0.2, 0.25) is 0 Å². The van der Waals surface area contributed by atoms with Crippen LogP contribution < -0.4 is 4.74 Å². The van der Waals surface area contributed by atoms with Gasteiger partial charge in [0.15, 0.2) is 5.78 Å². The van der Waals surface area contributed by atoms with E-state index in [-0.39, 0.29) is 34.3 Å². The zero-order valence-corrected chi connectivity index (χ0v) is 19.4. The third-order valence-electron chi connectivity index (χ3n) is 6.04. The van der Waals surface area contributed by atoms with Crippen molar-refractivity contribution in [3.8, 4) is 34.5 Å². The summed E-state index contributed by atoms with van der Waals surface area (Å²) in [5, 5.41) is 49.9. The van der Waals surface area contributed by atoms with Crippen LogP contribution in [0.5, 0.6) is 34.5 Å². The molecule has 5 N–H and O–H groups in total. The van der Waals surface area contributed by atoms with E-state index < -0.39 is 11.9 Å². The molecule has 0 fully saturated rings. The molecule has 7 nitrogen and oxygen atoms in total. The molecule has 1 unspecified atom stereocenters. The number of fused-ring (bicyclic) bond motifs is 1. The summed E-state index contributed by atoms with van der Waals surface area (Å²) in [4.78, 5) is 12.6. The lowest BCUT2D eigenvalue weighted by Gasteiger charge is -2.28. The summed E-state index contributed by atoms with van der Waals surface area (Å²) < 4.78 is 6.24. The minimum atomic E-state index is -0.657. The summed E-state index contributed by atoms with van der Waals surface area (Å²) >= 11 is 0. The largest absolute Gasteiger partial charge is 0.508 e. The van der Waals surface area contributed by atoms with E-state index in [1.165, 1.54) is 42.5 Å². The van der Waals surface area contributed by atoms with E-state index >= 15 is 0 Å². The zero-order chi connectivity index (χ0) is 26.1. The van der Waals surface area contributed by atoms with E-state index in [1.54, 1.807) is 42.5 Å². The van der Waals surface area contributed by atoms with Crippen LogP contribution in [-0.2, 0) is 0 Å². The van der Waals surface area contributed by atoms with Crippen molar-refractivity contribution >= 4 is 23.5 Å². The van der Waals surface area contributed by atoms with Gasteiger partial charge < -0.3 is 30.3 Å². The minimum absolute atomic E-state index is 0.000474. The van der Waals surface area contributed by atoms with E-state index in [1.807, 2.05) is 6.08 Å². The number of carbonyl (C=O) groups excluding carboxylic acids is 1. The molecule has 1 aliphatic heterocycles. The third kappa shape index (κ3) is 4.83. The van der Waals surface area contributed by atoms with E-state index in [4.69, 9.17) is 4.74 Å². The molecular formula is C30H22O7. The number of ether oxygens (including phenoxy) is 1. The van der Waals surface area contributed by atoms with Crippen LogP contribution in [0.4, 0.5) is 0 Å². The van der Waals surface area contributed by atoms with Crippen LogP contribution in [0.25, 0.3) is 17.7 Å². The fraction of sp³-hybridized carbons (Fsp3) is 0.0333. The quantitative estimate of drug-likeness (QED) is 0.176. The molecule has 1 atom stereocenters. The van der Waals surface area contributed by atoms with Crippen LogP contribution in [0, 0.1) is 0 Å². The van der Waals surface area contributed by atoms with Crippen molar-refractivity contribution in [2.24, 2.45) is 0 Å². The Bertz CT molecular complexity index is 1570. The molecule has 7 heteroatoms. The fourth-order valence-corrected chi connectivity index (χ4v) is 4.17. The normalized spacial score (nSPS) is 14.6. The molecule has 184 valence electrons. The predicted molar refractivity (Wildman–Crippen MR) is 139 cm³/mol. The fourth-order valence-electron chi connectivity index (χ4n) is 4.17. The Balaban J connectivity index is 1.54. The number of benzene rings is 4. The number of phenols is 5. The second-order valence-corrected chi connectivity index (χ2v) is 8.59. The van der Waals surface area contributed by atoms with E-state index in [0.29, 0.717) is 28.0 Å². The number of rotatable bonds is 5. The summed E-state index contributed by atoms with van der Waals surface area (Å²) in [7, 11) is 0. The second kappa shape index (κ2) is 9.47. The van der Waals surface area contributed by atoms with Crippen LogP contribution in [0.15, 0.2) is 84.9 Å². The molecule has 5 rings (SSSR count). The van der Waals surface area contributed by atoms with Gasteiger partial charge in [-0.3, -0.25) is 4.79 Å². The zero-order valence-electron chi connectivity index (χ0n) is 19.4. The van der Waals surface area contributed by atoms with Gasteiger partial charge in [-0.05, 0) is 71.8 Å². The highest BCUT2D eigenvalue weighted by Crippen LogP contribution is 2.45. The summed E-state index contributed by atoms with van der Waals surface area (Å²) in [5.41, 5.74) is 3.19. The van der Waals surface area contributed by atoms with Crippen molar-refractivity contribution in [3.63, 3.8) is 0 Å². The average Bonchev–Trinajstić information content (AvgIpc) is 2.88. The monoisotopic (exact) mass is 494 g/mol. The van der Waals surface area contributed by atoms with Gasteiger partial charge in [0.2, 0.25) is 0 Å². The smallest absolute Gasteiger partial charge is 0.189 e. The standard InChI is InChI=1S/C30H22O7/c31-20-6-3-18(4-7-20)30-25(14-19-5-8-22(33)16-29(19)37-30)24-13-17(2-12-27(24)35)1-11-26(34)23-10-9-21(32)15-28(23)36/h1-16,30-33,35-36H. The molecule has 0 bridgehead atoms. The van der Waals surface area contributed by atoms with Crippen molar-refractivity contribution in [1.82, 2.24) is 0 Å². The highest BCUT2D eigenvalue weighted by molar-refractivity contribution is 6.08. The third-order valence-corrected chi connectivity index (χ3v) is 6.04. The number of carbonyl (C=O) groups is 1. The summed E-state index contributed by atoms with van der Waals surface area (Å²) in [6, 6.07) is 19.9.